The van der Waals surface area contributed by atoms with Crippen molar-refractivity contribution in [3.05, 3.63) is 59.7 Å². The van der Waals surface area contributed by atoms with Crippen LogP contribution in [0, 0.1) is 11.3 Å². The van der Waals surface area contributed by atoms with Gasteiger partial charge in [-0.2, -0.15) is 0 Å². The van der Waals surface area contributed by atoms with Crippen molar-refractivity contribution in [2.45, 2.75) is 71.0 Å². The Balaban J connectivity index is 1.61. The monoisotopic (exact) mass is 438 g/mol. The van der Waals surface area contributed by atoms with Gasteiger partial charge in [-0.1, -0.05) is 52.0 Å². The summed E-state index contributed by atoms with van der Waals surface area (Å²) in [5.74, 6) is 2.35. The summed E-state index contributed by atoms with van der Waals surface area (Å²) in [7, 11) is 0. The Morgan fingerprint density at radius 3 is 2.03 bits per heavy atom. The zero-order valence-corrected chi connectivity index (χ0v) is 20.0. The normalized spacial score (nSPS) is 27.5. The molecule has 2 fully saturated rings. The van der Waals surface area contributed by atoms with E-state index >= 15 is 0 Å². The molecule has 0 aromatic heterocycles. The van der Waals surface area contributed by atoms with Crippen molar-refractivity contribution in [1.29, 1.82) is 0 Å². The third-order valence-corrected chi connectivity index (χ3v) is 6.94. The van der Waals surface area contributed by atoms with Crippen molar-refractivity contribution >= 4 is 0 Å². The molecule has 1 heterocycles. The minimum absolute atomic E-state index is 0.0409. The molecule has 32 heavy (non-hydrogen) atoms. The average Bonchev–Trinajstić information content (AvgIpc) is 3.60. The molecule has 1 saturated carbocycles. The van der Waals surface area contributed by atoms with Crippen molar-refractivity contribution in [1.82, 2.24) is 0 Å². The summed E-state index contributed by atoms with van der Waals surface area (Å²) in [5.41, 5.74) is 2.90. The summed E-state index contributed by atoms with van der Waals surface area (Å²) >= 11 is 0. The van der Waals surface area contributed by atoms with Gasteiger partial charge < -0.3 is 19.3 Å². The first-order chi connectivity index (χ1) is 15.3. The molecule has 1 N–H and O–H groups in total. The Labute approximate surface area is 192 Å². The van der Waals surface area contributed by atoms with E-state index in [0.29, 0.717) is 25.6 Å². The van der Waals surface area contributed by atoms with E-state index in [4.69, 9.17) is 14.2 Å². The molecule has 1 aliphatic heterocycles. The molecule has 0 bridgehead atoms. The predicted molar refractivity (Wildman–Crippen MR) is 127 cm³/mol. The molecule has 4 heteroatoms. The lowest BCUT2D eigenvalue weighted by molar-refractivity contribution is 0.104. The summed E-state index contributed by atoms with van der Waals surface area (Å²) in [5, 5.41) is 9.81. The van der Waals surface area contributed by atoms with Crippen LogP contribution in [-0.4, -0.2) is 37.1 Å². The smallest absolute Gasteiger partial charge is 0.119 e. The number of aliphatic hydroxyl groups excluding tert-OH is 1. The number of benzene rings is 2. The molecule has 2 aromatic rings. The Morgan fingerprint density at radius 1 is 0.969 bits per heavy atom. The third kappa shape index (κ3) is 5.47. The Bertz CT molecular complexity index is 869. The molecule has 2 aliphatic rings. The topological polar surface area (TPSA) is 51.2 Å². The van der Waals surface area contributed by atoms with Crippen molar-refractivity contribution in [3.63, 3.8) is 0 Å². The fourth-order valence-corrected chi connectivity index (χ4v) is 5.58. The molecule has 4 unspecified atom stereocenters. The van der Waals surface area contributed by atoms with Gasteiger partial charge in [-0.25, -0.2) is 0 Å². The van der Waals surface area contributed by atoms with Gasteiger partial charge in [-0.15, -0.1) is 0 Å². The SMILES string of the molecule is CCC(O)COc1ccc(C2(c3ccc(OCC4CO4)cc3)CC(C)CC(C)(C)C2)cc1. The van der Waals surface area contributed by atoms with Gasteiger partial charge >= 0.3 is 0 Å². The Hall–Kier alpha value is -2.04. The highest BCUT2D eigenvalue weighted by Gasteiger charge is 2.45. The zero-order chi connectivity index (χ0) is 22.8. The van der Waals surface area contributed by atoms with Crippen molar-refractivity contribution in [2.75, 3.05) is 19.8 Å². The molecule has 2 aromatic carbocycles. The molecule has 4 nitrogen and oxygen atoms in total. The number of rotatable bonds is 9. The van der Waals surface area contributed by atoms with Gasteiger partial charge in [0, 0.05) is 5.41 Å². The van der Waals surface area contributed by atoms with Gasteiger partial charge in [-0.05, 0) is 72.4 Å². The molecule has 4 atom stereocenters. The van der Waals surface area contributed by atoms with Gasteiger partial charge in [0.2, 0.25) is 0 Å². The minimum Gasteiger partial charge on any atom is -0.491 e. The highest BCUT2D eigenvalue weighted by Crippen LogP contribution is 2.53. The molecule has 0 radical (unpaired) electrons. The average molecular weight is 439 g/mol. The highest BCUT2D eigenvalue weighted by molar-refractivity contribution is 5.44. The molecule has 1 saturated heterocycles. The molecular weight excluding hydrogens is 400 g/mol. The summed E-state index contributed by atoms with van der Waals surface area (Å²) in [6.07, 6.45) is 4.01. The standard InChI is InChI=1S/C28H38O4/c1-5-23(29)16-30-24-10-6-21(7-11-24)28(15-20(2)14-27(3,4)19-28)22-8-12-25(13-9-22)31-17-26-18-32-26/h6-13,20,23,26,29H,5,14-19H2,1-4H3. The first-order valence-corrected chi connectivity index (χ1v) is 12.1. The second-order valence-corrected chi connectivity index (χ2v) is 10.6. The van der Waals surface area contributed by atoms with Crippen LogP contribution in [-0.2, 0) is 10.2 Å². The van der Waals surface area contributed by atoms with Crippen LogP contribution in [0.25, 0.3) is 0 Å². The lowest BCUT2D eigenvalue weighted by Crippen LogP contribution is -2.41. The lowest BCUT2D eigenvalue weighted by atomic mass is 9.55. The summed E-state index contributed by atoms with van der Waals surface area (Å²) in [4.78, 5) is 0. The van der Waals surface area contributed by atoms with E-state index in [1.165, 1.54) is 17.5 Å². The van der Waals surface area contributed by atoms with Crippen LogP contribution >= 0.6 is 0 Å². The summed E-state index contributed by atoms with van der Waals surface area (Å²) in [6, 6.07) is 17.3. The lowest BCUT2D eigenvalue weighted by Gasteiger charge is -2.48. The van der Waals surface area contributed by atoms with Gasteiger partial charge in [0.1, 0.15) is 30.8 Å². The number of aliphatic hydroxyl groups is 1. The second kappa shape index (κ2) is 9.44. The number of hydrogen-bond acceptors (Lipinski definition) is 4. The molecule has 0 spiro atoms. The van der Waals surface area contributed by atoms with Crippen LogP contribution in [0.2, 0.25) is 0 Å². The molecule has 0 amide bonds. The first-order valence-electron chi connectivity index (χ1n) is 12.1. The van der Waals surface area contributed by atoms with E-state index < -0.39 is 6.10 Å². The number of ether oxygens (including phenoxy) is 3. The van der Waals surface area contributed by atoms with Crippen LogP contribution in [0.5, 0.6) is 11.5 Å². The van der Waals surface area contributed by atoms with E-state index in [1.54, 1.807) is 0 Å². The largest absolute Gasteiger partial charge is 0.491 e. The first kappa shape index (κ1) is 23.1. The number of epoxide rings is 1. The maximum atomic E-state index is 9.81. The van der Waals surface area contributed by atoms with Crippen LogP contribution < -0.4 is 9.47 Å². The van der Waals surface area contributed by atoms with Crippen molar-refractivity contribution < 1.29 is 19.3 Å². The highest BCUT2D eigenvalue weighted by atomic mass is 16.6. The summed E-state index contributed by atoms with van der Waals surface area (Å²) < 4.78 is 16.9. The van der Waals surface area contributed by atoms with E-state index in [-0.39, 0.29) is 16.9 Å². The van der Waals surface area contributed by atoms with Gasteiger partial charge in [0.25, 0.3) is 0 Å². The number of hydrogen-bond donors (Lipinski definition) is 1. The van der Waals surface area contributed by atoms with E-state index in [1.807, 2.05) is 6.92 Å². The molecule has 1 aliphatic carbocycles. The van der Waals surface area contributed by atoms with Gasteiger partial charge in [0.05, 0.1) is 12.7 Å². The predicted octanol–water partition coefficient (Wildman–Crippen LogP) is 5.75. The molecule has 4 rings (SSSR count). The molecule has 174 valence electrons. The quantitative estimate of drug-likeness (QED) is 0.507. The van der Waals surface area contributed by atoms with E-state index in [9.17, 15) is 5.11 Å². The van der Waals surface area contributed by atoms with Crippen LogP contribution in [0.4, 0.5) is 0 Å². The second-order valence-electron chi connectivity index (χ2n) is 10.6. The third-order valence-electron chi connectivity index (χ3n) is 6.94. The maximum Gasteiger partial charge on any atom is 0.119 e. The Kier molecular flexibility index (Phi) is 6.83. The van der Waals surface area contributed by atoms with Crippen LogP contribution in [0.1, 0.15) is 64.5 Å². The van der Waals surface area contributed by atoms with Gasteiger partial charge in [-0.3, -0.25) is 0 Å². The molecular formula is C28H38O4. The van der Waals surface area contributed by atoms with Crippen LogP contribution in [0.15, 0.2) is 48.5 Å². The van der Waals surface area contributed by atoms with Crippen molar-refractivity contribution in [3.8, 4) is 11.5 Å². The Morgan fingerprint density at radius 2 is 1.53 bits per heavy atom. The zero-order valence-electron chi connectivity index (χ0n) is 20.0. The maximum absolute atomic E-state index is 9.81. The van der Waals surface area contributed by atoms with E-state index in [2.05, 4.69) is 69.3 Å². The van der Waals surface area contributed by atoms with E-state index in [0.717, 1.165) is 30.9 Å². The fourth-order valence-electron chi connectivity index (χ4n) is 5.58. The minimum atomic E-state index is -0.423. The summed E-state index contributed by atoms with van der Waals surface area (Å²) in [6.45, 7) is 10.9. The van der Waals surface area contributed by atoms with Gasteiger partial charge in [0.15, 0.2) is 0 Å². The van der Waals surface area contributed by atoms with Crippen molar-refractivity contribution in [2.24, 2.45) is 11.3 Å². The fraction of sp³-hybridized carbons (Fsp3) is 0.571. The van der Waals surface area contributed by atoms with Crippen LogP contribution in [0.3, 0.4) is 0 Å².